The van der Waals surface area contributed by atoms with E-state index in [0.29, 0.717) is 13.1 Å². The Morgan fingerprint density at radius 1 is 1.20 bits per heavy atom. The van der Waals surface area contributed by atoms with Crippen molar-refractivity contribution in [3.63, 3.8) is 0 Å². The van der Waals surface area contributed by atoms with Crippen molar-refractivity contribution in [1.82, 2.24) is 10.6 Å². The van der Waals surface area contributed by atoms with Gasteiger partial charge >= 0.3 is 12.2 Å². The number of carbonyl (C=O) groups excluding carboxylic acids is 1. The summed E-state index contributed by atoms with van der Waals surface area (Å²) >= 11 is 0. The molecule has 20 heavy (non-hydrogen) atoms. The fraction of sp³-hybridized carbons (Fsp3) is 0.462. The number of hydrogen-bond donors (Lipinski definition) is 3. The maximum atomic E-state index is 12.5. The molecule has 1 aromatic rings. The Bertz CT molecular complexity index is 435. The number of amides is 2. The van der Waals surface area contributed by atoms with Crippen molar-refractivity contribution in [2.24, 2.45) is 0 Å². The minimum absolute atomic E-state index is 0.110. The number of urea groups is 1. The van der Waals surface area contributed by atoms with Crippen LogP contribution in [0, 0.1) is 0 Å². The molecule has 0 heterocycles. The molecular formula is C13H18F3N3O. The van der Waals surface area contributed by atoms with Gasteiger partial charge in [0.25, 0.3) is 0 Å². The highest BCUT2D eigenvalue weighted by Gasteiger charge is 2.30. The molecule has 0 saturated carbocycles. The summed E-state index contributed by atoms with van der Waals surface area (Å²) < 4.78 is 37.5. The van der Waals surface area contributed by atoms with Crippen molar-refractivity contribution in [3.05, 3.63) is 29.8 Å². The second-order valence-electron chi connectivity index (χ2n) is 4.21. The molecule has 4 nitrogen and oxygen atoms in total. The van der Waals surface area contributed by atoms with Crippen molar-refractivity contribution in [2.45, 2.75) is 19.5 Å². The maximum Gasteiger partial charge on any atom is 0.416 e. The van der Waals surface area contributed by atoms with Crippen LogP contribution in [0.5, 0.6) is 0 Å². The maximum absolute atomic E-state index is 12.5. The van der Waals surface area contributed by atoms with Gasteiger partial charge in [-0.25, -0.2) is 4.79 Å². The molecule has 1 rings (SSSR count). The number of carbonyl (C=O) groups is 1. The lowest BCUT2D eigenvalue weighted by molar-refractivity contribution is -0.137. The minimum atomic E-state index is -4.42. The predicted octanol–water partition coefficient (Wildman–Crippen LogP) is 2.83. The molecule has 3 N–H and O–H groups in total. The Hall–Kier alpha value is -1.76. The first-order valence-corrected chi connectivity index (χ1v) is 6.36. The molecule has 0 atom stereocenters. The monoisotopic (exact) mass is 289 g/mol. The molecule has 112 valence electrons. The van der Waals surface area contributed by atoms with E-state index >= 15 is 0 Å². The summed E-state index contributed by atoms with van der Waals surface area (Å²) in [5.41, 5.74) is -0.682. The molecule has 0 aromatic heterocycles. The third-order valence-electron chi connectivity index (χ3n) is 2.46. The van der Waals surface area contributed by atoms with Gasteiger partial charge in [0, 0.05) is 18.8 Å². The number of benzene rings is 1. The summed E-state index contributed by atoms with van der Waals surface area (Å²) in [5, 5.41) is 8.01. The van der Waals surface area contributed by atoms with E-state index in [9.17, 15) is 18.0 Å². The molecular weight excluding hydrogens is 271 g/mol. The predicted molar refractivity (Wildman–Crippen MR) is 71.6 cm³/mol. The lowest BCUT2D eigenvalue weighted by Crippen LogP contribution is -2.35. The average molecular weight is 289 g/mol. The van der Waals surface area contributed by atoms with Gasteiger partial charge < -0.3 is 16.0 Å². The van der Waals surface area contributed by atoms with Gasteiger partial charge in [0.15, 0.2) is 0 Å². The number of rotatable bonds is 6. The molecule has 2 amide bonds. The summed E-state index contributed by atoms with van der Waals surface area (Å²) in [5.74, 6) is 0. The lowest BCUT2D eigenvalue weighted by atomic mass is 10.2. The molecule has 0 fully saturated rings. The second kappa shape index (κ2) is 7.74. The zero-order valence-electron chi connectivity index (χ0n) is 11.2. The van der Waals surface area contributed by atoms with Crippen LogP contribution in [0.15, 0.2) is 24.3 Å². The van der Waals surface area contributed by atoms with Gasteiger partial charge in [-0.3, -0.25) is 0 Å². The van der Waals surface area contributed by atoms with Crippen LogP contribution in [0.2, 0.25) is 0 Å². The molecule has 7 heteroatoms. The van der Waals surface area contributed by atoms with Crippen molar-refractivity contribution in [3.8, 4) is 0 Å². The smallest absolute Gasteiger partial charge is 0.337 e. The summed E-state index contributed by atoms with van der Waals surface area (Å²) in [6.07, 6.45) is -3.42. The first-order valence-electron chi connectivity index (χ1n) is 6.36. The van der Waals surface area contributed by atoms with Crippen LogP contribution in [0.4, 0.5) is 23.7 Å². The Morgan fingerprint density at radius 3 is 2.60 bits per heavy atom. The van der Waals surface area contributed by atoms with Crippen LogP contribution >= 0.6 is 0 Å². The Morgan fingerprint density at radius 2 is 1.95 bits per heavy atom. The first kappa shape index (κ1) is 16.3. The van der Waals surface area contributed by atoms with Crippen molar-refractivity contribution >= 4 is 11.7 Å². The number of anilines is 1. The molecule has 0 unspecified atom stereocenters. The van der Waals surface area contributed by atoms with Crippen LogP contribution < -0.4 is 16.0 Å². The third kappa shape index (κ3) is 5.92. The fourth-order valence-electron chi connectivity index (χ4n) is 1.51. The van der Waals surface area contributed by atoms with Gasteiger partial charge in [-0.1, -0.05) is 13.0 Å². The Kier molecular flexibility index (Phi) is 6.30. The summed E-state index contributed by atoms with van der Waals surface area (Å²) in [7, 11) is 0. The highest BCUT2D eigenvalue weighted by atomic mass is 19.4. The third-order valence-corrected chi connectivity index (χ3v) is 2.46. The number of nitrogens with one attached hydrogen (secondary N) is 3. The summed E-state index contributed by atoms with van der Waals surface area (Å²) in [4.78, 5) is 11.5. The highest BCUT2D eigenvalue weighted by Crippen LogP contribution is 2.30. The fourth-order valence-corrected chi connectivity index (χ4v) is 1.51. The van der Waals surface area contributed by atoms with Gasteiger partial charge in [-0.15, -0.1) is 0 Å². The van der Waals surface area contributed by atoms with E-state index in [1.54, 1.807) is 0 Å². The molecule has 0 saturated heterocycles. The van der Waals surface area contributed by atoms with Crippen LogP contribution in [-0.2, 0) is 6.18 Å². The largest absolute Gasteiger partial charge is 0.416 e. The standard InChI is InChI=1S/C13H18F3N3O/c1-2-6-17-7-8-18-12(20)19-11-5-3-4-10(9-11)13(14,15)16/h3-5,9,17H,2,6-8H2,1H3,(H2,18,19,20). The van der Waals surface area contributed by atoms with E-state index < -0.39 is 17.8 Å². The quantitative estimate of drug-likeness (QED) is 0.705. The van der Waals surface area contributed by atoms with Crippen molar-refractivity contribution < 1.29 is 18.0 Å². The number of alkyl halides is 3. The first-order chi connectivity index (χ1) is 9.43. The van der Waals surface area contributed by atoms with Gasteiger partial charge in [0.05, 0.1) is 5.56 Å². The zero-order chi connectivity index (χ0) is 15.0. The highest BCUT2D eigenvalue weighted by molar-refractivity contribution is 5.89. The van der Waals surface area contributed by atoms with E-state index in [2.05, 4.69) is 16.0 Å². The topological polar surface area (TPSA) is 53.2 Å². The minimum Gasteiger partial charge on any atom is -0.337 e. The Balaban J connectivity index is 2.42. The normalized spacial score (nSPS) is 11.2. The zero-order valence-corrected chi connectivity index (χ0v) is 11.2. The van der Waals surface area contributed by atoms with Gasteiger partial charge in [0.1, 0.15) is 0 Å². The van der Waals surface area contributed by atoms with Gasteiger partial charge in [0.2, 0.25) is 0 Å². The number of halogens is 3. The van der Waals surface area contributed by atoms with Crippen molar-refractivity contribution in [2.75, 3.05) is 25.0 Å². The van der Waals surface area contributed by atoms with E-state index in [0.717, 1.165) is 25.1 Å². The molecule has 1 aromatic carbocycles. The van der Waals surface area contributed by atoms with Gasteiger partial charge in [-0.05, 0) is 31.2 Å². The second-order valence-corrected chi connectivity index (χ2v) is 4.21. The van der Waals surface area contributed by atoms with Gasteiger partial charge in [-0.2, -0.15) is 13.2 Å². The summed E-state index contributed by atoms with van der Waals surface area (Å²) in [6.45, 7) is 3.91. The molecule has 0 bridgehead atoms. The lowest BCUT2D eigenvalue weighted by Gasteiger charge is -2.11. The van der Waals surface area contributed by atoms with Crippen LogP contribution in [0.1, 0.15) is 18.9 Å². The summed E-state index contributed by atoms with van der Waals surface area (Å²) in [6, 6.07) is 3.99. The van der Waals surface area contributed by atoms with E-state index in [1.165, 1.54) is 12.1 Å². The number of hydrogen-bond acceptors (Lipinski definition) is 2. The molecule has 0 radical (unpaired) electrons. The van der Waals surface area contributed by atoms with E-state index in [-0.39, 0.29) is 5.69 Å². The Labute approximate surface area is 115 Å². The molecule has 0 aliphatic heterocycles. The SMILES string of the molecule is CCCNCCNC(=O)Nc1cccc(C(F)(F)F)c1. The van der Waals surface area contributed by atoms with Crippen molar-refractivity contribution in [1.29, 1.82) is 0 Å². The van der Waals surface area contributed by atoms with Crippen LogP contribution in [0.3, 0.4) is 0 Å². The van der Waals surface area contributed by atoms with E-state index in [1.807, 2.05) is 6.92 Å². The molecule has 0 aliphatic rings. The van der Waals surface area contributed by atoms with Crippen LogP contribution in [0.25, 0.3) is 0 Å². The average Bonchev–Trinajstić information content (AvgIpc) is 2.38. The van der Waals surface area contributed by atoms with Crippen LogP contribution in [-0.4, -0.2) is 25.7 Å². The molecule has 0 spiro atoms. The van der Waals surface area contributed by atoms with E-state index in [4.69, 9.17) is 0 Å². The molecule has 0 aliphatic carbocycles.